The number of hydrogen-bond acceptors (Lipinski definition) is 5. The van der Waals surface area contributed by atoms with Gasteiger partial charge < -0.3 is 15.5 Å². The van der Waals surface area contributed by atoms with Crippen LogP contribution in [0.25, 0.3) is 22.0 Å². The number of alkyl halides is 2. The van der Waals surface area contributed by atoms with Crippen molar-refractivity contribution in [3.63, 3.8) is 0 Å². The lowest BCUT2D eigenvalue weighted by atomic mass is 9.99. The number of carbonyl (C=O) groups excluding carboxylic acids is 3. The zero-order valence-electron chi connectivity index (χ0n) is 18.7. The van der Waals surface area contributed by atoms with Gasteiger partial charge >= 0.3 is 0 Å². The average Bonchev–Trinajstić information content (AvgIpc) is 3.16. The van der Waals surface area contributed by atoms with E-state index in [1.165, 1.54) is 19.2 Å². The number of benzene rings is 2. The number of halogens is 2. The van der Waals surface area contributed by atoms with Crippen LogP contribution in [0.3, 0.4) is 0 Å². The number of likely N-dealkylation sites (tertiary alicyclic amines) is 1. The Morgan fingerprint density at radius 2 is 1.97 bits per heavy atom. The molecule has 1 saturated heterocycles. The van der Waals surface area contributed by atoms with Crippen LogP contribution < -0.4 is 10.6 Å². The van der Waals surface area contributed by atoms with Crippen LogP contribution >= 0.6 is 0 Å². The number of anilines is 1. The Balaban J connectivity index is 1.58. The summed E-state index contributed by atoms with van der Waals surface area (Å²) in [5, 5.41) is 14.8. The molecule has 0 radical (unpaired) electrons. The maximum atomic E-state index is 13.6. The van der Waals surface area contributed by atoms with E-state index < -0.39 is 43.3 Å². The zero-order valence-corrected chi connectivity index (χ0v) is 18.7. The van der Waals surface area contributed by atoms with Crippen LogP contribution in [0, 0.1) is 11.3 Å². The summed E-state index contributed by atoms with van der Waals surface area (Å²) in [6, 6.07) is 14.5. The molecule has 1 atom stereocenters. The van der Waals surface area contributed by atoms with Crippen molar-refractivity contribution >= 4 is 34.3 Å². The highest BCUT2D eigenvalue weighted by atomic mass is 19.3. The van der Waals surface area contributed by atoms with Crippen molar-refractivity contribution in [3.05, 3.63) is 60.3 Å². The van der Waals surface area contributed by atoms with Crippen molar-refractivity contribution in [2.24, 2.45) is 0 Å². The maximum absolute atomic E-state index is 13.6. The smallest absolute Gasteiger partial charge is 0.268 e. The van der Waals surface area contributed by atoms with Gasteiger partial charge in [0.2, 0.25) is 11.8 Å². The number of nitriles is 1. The van der Waals surface area contributed by atoms with Crippen molar-refractivity contribution in [3.8, 4) is 17.2 Å². The van der Waals surface area contributed by atoms with E-state index >= 15 is 0 Å². The first-order valence-corrected chi connectivity index (χ1v) is 10.8. The molecule has 1 unspecified atom stereocenters. The molecule has 2 aromatic carbocycles. The summed E-state index contributed by atoms with van der Waals surface area (Å²) >= 11 is 0. The summed E-state index contributed by atoms with van der Waals surface area (Å²) in [4.78, 5) is 42.0. The van der Waals surface area contributed by atoms with Crippen LogP contribution in [-0.4, -0.2) is 52.7 Å². The summed E-state index contributed by atoms with van der Waals surface area (Å²) in [6.45, 7) is 0.0318. The van der Waals surface area contributed by atoms with E-state index in [-0.39, 0.29) is 11.5 Å². The number of aromatic nitrogens is 1. The first kappa shape index (κ1) is 23.8. The first-order chi connectivity index (χ1) is 16.7. The monoisotopic (exact) mass is 477 g/mol. The molecule has 1 aliphatic rings. The number of fused-ring (bicyclic) bond motifs is 1. The largest absolute Gasteiger partial charge is 0.343 e. The number of carbonyl (C=O) groups is 3. The van der Waals surface area contributed by atoms with E-state index in [0.717, 1.165) is 16.0 Å². The summed E-state index contributed by atoms with van der Waals surface area (Å²) in [5.41, 5.74) is 2.86. The minimum atomic E-state index is -3.13. The quantitative estimate of drug-likeness (QED) is 0.585. The molecule has 0 bridgehead atoms. The predicted octanol–water partition coefficient (Wildman–Crippen LogP) is 3.35. The predicted molar refractivity (Wildman–Crippen MR) is 124 cm³/mol. The number of amides is 3. The fourth-order valence-corrected chi connectivity index (χ4v) is 4.09. The fourth-order valence-electron chi connectivity index (χ4n) is 4.09. The van der Waals surface area contributed by atoms with Gasteiger partial charge in [-0.1, -0.05) is 24.3 Å². The third-order valence-electron chi connectivity index (χ3n) is 5.67. The third-order valence-corrected chi connectivity index (χ3v) is 5.67. The Hall–Kier alpha value is -4.39. The molecule has 2 N–H and O–H groups in total. The molecule has 1 fully saturated rings. The highest BCUT2D eigenvalue weighted by Gasteiger charge is 2.47. The lowest BCUT2D eigenvalue weighted by Crippen LogP contribution is -2.43. The van der Waals surface area contributed by atoms with Gasteiger partial charge in [-0.3, -0.25) is 19.4 Å². The fraction of sp³-hybridized carbons (Fsp3) is 0.240. The lowest BCUT2D eigenvalue weighted by Gasteiger charge is -2.19. The van der Waals surface area contributed by atoms with Crippen molar-refractivity contribution in [2.45, 2.75) is 25.3 Å². The number of para-hydroxylation sites is 1. The number of rotatable bonds is 5. The molecule has 35 heavy (non-hydrogen) atoms. The van der Waals surface area contributed by atoms with Crippen LogP contribution in [0.1, 0.15) is 23.7 Å². The molecule has 0 aliphatic carbocycles. The average molecular weight is 477 g/mol. The highest BCUT2D eigenvalue weighted by molar-refractivity contribution is 6.08. The van der Waals surface area contributed by atoms with Crippen molar-refractivity contribution in [1.82, 2.24) is 15.2 Å². The summed E-state index contributed by atoms with van der Waals surface area (Å²) < 4.78 is 27.3. The van der Waals surface area contributed by atoms with Gasteiger partial charge in [0, 0.05) is 36.2 Å². The van der Waals surface area contributed by atoms with E-state index in [1.54, 1.807) is 30.3 Å². The second kappa shape index (κ2) is 9.46. The van der Waals surface area contributed by atoms with Crippen LogP contribution in [0.15, 0.2) is 54.7 Å². The van der Waals surface area contributed by atoms with Gasteiger partial charge in [0.25, 0.3) is 11.8 Å². The minimum absolute atomic E-state index is 0.223. The Morgan fingerprint density at radius 1 is 1.20 bits per heavy atom. The summed E-state index contributed by atoms with van der Waals surface area (Å²) in [5.74, 6) is -4.70. The molecule has 4 rings (SSSR count). The summed E-state index contributed by atoms with van der Waals surface area (Å²) in [6.07, 6.45) is 0.734. The lowest BCUT2D eigenvalue weighted by molar-refractivity contribution is -0.131. The molecular formula is C25H21F2N5O3. The molecule has 178 valence electrons. The van der Waals surface area contributed by atoms with Crippen LogP contribution in [0.5, 0.6) is 0 Å². The zero-order chi connectivity index (χ0) is 25.2. The molecule has 3 amide bonds. The summed E-state index contributed by atoms with van der Waals surface area (Å²) in [7, 11) is 0. The Kier molecular flexibility index (Phi) is 6.42. The van der Waals surface area contributed by atoms with Crippen molar-refractivity contribution < 1.29 is 23.2 Å². The third kappa shape index (κ3) is 5.09. The second-order valence-electron chi connectivity index (χ2n) is 8.23. The molecule has 2 heterocycles. The SMILES string of the molecule is CC(=O)Nc1ccccc1-c1ccc2nccc(C(=O)NCC(=O)N3CC(F)(F)CC3C#N)c2c1. The number of nitrogens with zero attached hydrogens (tertiary/aromatic N) is 3. The van der Waals surface area contributed by atoms with E-state index in [4.69, 9.17) is 5.26 Å². The Labute approximate surface area is 199 Å². The van der Waals surface area contributed by atoms with Gasteiger partial charge in [-0.15, -0.1) is 0 Å². The molecule has 1 aromatic heterocycles. The van der Waals surface area contributed by atoms with Crippen molar-refractivity contribution in [2.75, 3.05) is 18.4 Å². The Bertz CT molecular complexity index is 1370. The van der Waals surface area contributed by atoms with E-state index in [9.17, 15) is 23.2 Å². The normalized spacial score (nSPS) is 16.5. The Morgan fingerprint density at radius 3 is 2.71 bits per heavy atom. The van der Waals surface area contributed by atoms with E-state index in [2.05, 4.69) is 15.6 Å². The van der Waals surface area contributed by atoms with Gasteiger partial charge in [0.15, 0.2) is 0 Å². The van der Waals surface area contributed by atoms with E-state index in [1.807, 2.05) is 18.2 Å². The minimum Gasteiger partial charge on any atom is -0.343 e. The van der Waals surface area contributed by atoms with Gasteiger partial charge in [0.05, 0.1) is 30.2 Å². The van der Waals surface area contributed by atoms with Gasteiger partial charge in [0.1, 0.15) is 6.04 Å². The molecule has 0 saturated carbocycles. The molecule has 1 aliphatic heterocycles. The van der Waals surface area contributed by atoms with Crippen LogP contribution in [-0.2, 0) is 9.59 Å². The number of pyridine rings is 1. The van der Waals surface area contributed by atoms with Crippen LogP contribution in [0.2, 0.25) is 0 Å². The maximum Gasteiger partial charge on any atom is 0.268 e. The van der Waals surface area contributed by atoms with Gasteiger partial charge in [-0.25, -0.2) is 8.78 Å². The standard InChI is InChI=1S/C25H21F2N5O3/c1-15(33)31-22-5-3-2-4-18(22)16-6-7-21-20(10-16)19(8-9-29-21)24(35)30-13-23(34)32-14-25(26,27)11-17(32)12-28/h2-10,17H,11,13-14H2,1H3,(H,30,35)(H,31,33). The van der Waals surface area contributed by atoms with E-state index in [0.29, 0.717) is 16.6 Å². The highest BCUT2D eigenvalue weighted by Crippen LogP contribution is 2.32. The molecule has 0 spiro atoms. The van der Waals surface area contributed by atoms with Crippen LogP contribution in [0.4, 0.5) is 14.5 Å². The molecule has 3 aromatic rings. The van der Waals surface area contributed by atoms with Gasteiger partial charge in [-0.2, -0.15) is 5.26 Å². The first-order valence-electron chi connectivity index (χ1n) is 10.8. The topological polar surface area (TPSA) is 115 Å². The van der Waals surface area contributed by atoms with Gasteiger partial charge in [-0.05, 0) is 29.8 Å². The molecule has 8 nitrogen and oxygen atoms in total. The second-order valence-corrected chi connectivity index (χ2v) is 8.23. The van der Waals surface area contributed by atoms with Crippen molar-refractivity contribution in [1.29, 1.82) is 5.26 Å². The number of nitrogens with one attached hydrogen (secondary N) is 2. The molecular weight excluding hydrogens is 456 g/mol. The number of hydrogen-bond donors (Lipinski definition) is 2. The molecule has 10 heteroatoms.